The number of esters is 6. The lowest BCUT2D eigenvalue weighted by Gasteiger charge is -2.28. The minimum Gasteiger partial charge on any atom is -0.465 e. The first-order valence-electron chi connectivity index (χ1n) is 15.9. The lowest BCUT2D eigenvalue weighted by atomic mass is 9.94. The Morgan fingerprint density at radius 3 is 0.833 bits per heavy atom. The van der Waals surface area contributed by atoms with Crippen molar-refractivity contribution >= 4 is 35.8 Å². The summed E-state index contributed by atoms with van der Waals surface area (Å²) in [6.45, 7) is 22.7. The van der Waals surface area contributed by atoms with Gasteiger partial charge in [-0.25, -0.2) is 19.2 Å². The van der Waals surface area contributed by atoms with Gasteiger partial charge in [-0.1, -0.05) is 52.0 Å². The van der Waals surface area contributed by atoms with E-state index in [9.17, 15) is 28.8 Å². The molecular weight excluding hydrogens is 624 g/mol. The van der Waals surface area contributed by atoms with Crippen LogP contribution in [0.4, 0.5) is 0 Å². The molecule has 0 spiro atoms. The molecule has 0 amide bonds. The Balaban J connectivity index is 4.50. The molecule has 0 aromatic heterocycles. The van der Waals surface area contributed by atoms with E-state index in [2.05, 4.69) is 26.3 Å². The monoisotopic (exact) mass is 678 g/mol. The molecule has 0 aromatic rings. The third-order valence-corrected chi connectivity index (χ3v) is 6.78. The van der Waals surface area contributed by atoms with Gasteiger partial charge in [0, 0.05) is 35.1 Å². The number of carbonyl (C=O) groups excluding carboxylic acids is 6. The quantitative estimate of drug-likeness (QED) is 0.0504. The maximum absolute atomic E-state index is 12.4. The average molecular weight is 679 g/mol. The molecule has 0 fully saturated rings. The van der Waals surface area contributed by atoms with Crippen LogP contribution in [0.1, 0.15) is 92.9 Å². The highest BCUT2D eigenvalue weighted by atomic mass is 16.6. The molecular formula is C36H54O12. The molecule has 0 unspecified atom stereocenters. The number of hydrogen-bond acceptors (Lipinski definition) is 12. The maximum atomic E-state index is 12.4. The number of carbonyl (C=O) groups is 6. The molecule has 0 radical (unpaired) electrons. The van der Waals surface area contributed by atoms with Crippen molar-refractivity contribution in [1.29, 1.82) is 0 Å². The first-order valence-corrected chi connectivity index (χ1v) is 15.9. The summed E-state index contributed by atoms with van der Waals surface area (Å²) in [5.41, 5.74) is -1.06. The molecule has 0 aromatic carbocycles. The zero-order valence-corrected chi connectivity index (χ0v) is 29.6. The zero-order chi connectivity index (χ0) is 36.9. The van der Waals surface area contributed by atoms with E-state index in [1.807, 2.05) is 0 Å². The van der Waals surface area contributed by atoms with Crippen molar-refractivity contribution < 1.29 is 57.2 Å². The molecule has 0 heterocycles. The lowest BCUT2D eigenvalue weighted by Crippen LogP contribution is -2.37. The van der Waals surface area contributed by atoms with Gasteiger partial charge >= 0.3 is 35.8 Å². The van der Waals surface area contributed by atoms with Gasteiger partial charge in [-0.15, -0.1) is 0 Å². The lowest BCUT2D eigenvalue weighted by molar-refractivity contribution is -0.160. The highest BCUT2D eigenvalue weighted by Gasteiger charge is 2.32. The van der Waals surface area contributed by atoms with Crippen molar-refractivity contribution in [2.24, 2.45) is 10.8 Å². The Morgan fingerprint density at radius 1 is 0.396 bits per heavy atom. The second kappa shape index (κ2) is 22.4. The molecule has 0 bridgehead atoms. The molecule has 0 rings (SSSR count). The third kappa shape index (κ3) is 20.1. The van der Waals surface area contributed by atoms with Crippen molar-refractivity contribution in [2.45, 2.75) is 92.9 Å². The van der Waals surface area contributed by atoms with Crippen molar-refractivity contribution in [1.82, 2.24) is 0 Å². The number of ether oxygens (including phenoxy) is 6. The van der Waals surface area contributed by atoms with Crippen LogP contribution in [0.15, 0.2) is 48.6 Å². The molecule has 48 heavy (non-hydrogen) atoms. The van der Waals surface area contributed by atoms with Crippen LogP contribution < -0.4 is 0 Å². The van der Waals surface area contributed by atoms with Crippen LogP contribution in [-0.4, -0.2) is 75.5 Å². The van der Waals surface area contributed by atoms with Crippen molar-refractivity contribution in [2.75, 3.05) is 39.6 Å². The van der Waals surface area contributed by atoms with Crippen LogP contribution in [0.2, 0.25) is 0 Å². The van der Waals surface area contributed by atoms with Crippen molar-refractivity contribution in [3.8, 4) is 0 Å². The fourth-order valence-electron chi connectivity index (χ4n) is 3.60. The van der Waals surface area contributed by atoms with Gasteiger partial charge in [0.2, 0.25) is 0 Å². The van der Waals surface area contributed by atoms with Gasteiger partial charge in [0.05, 0.1) is 10.8 Å². The predicted octanol–water partition coefficient (Wildman–Crippen LogP) is 5.68. The SMILES string of the molecule is C=C(C)C(=O)OCC(C)(COC(=O)CCCCCCCCC(=O)OCC(C)(COC(=O)C(=C)C)COC(=O)C(=C)C)COC(=O)C(=C)C. The van der Waals surface area contributed by atoms with Gasteiger partial charge in [0.15, 0.2) is 0 Å². The summed E-state index contributed by atoms with van der Waals surface area (Å²) in [5, 5.41) is 0. The minimum absolute atomic E-state index is 0.118. The molecule has 0 N–H and O–H groups in total. The van der Waals surface area contributed by atoms with Crippen LogP contribution in [0.5, 0.6) is 0 Å². The first-order chi connectivity index (χ1) is 22.3. The molecule has 270 valence electrons. The Labute approximate surface area is 284 Å². The number of unbranched alkanes of at least 4 members (excludes halogenated alkanes) is 5. The standard InChI is InChI=1S/C36H54O12/c1-25(2)31(39)45-21-35(9,22-46-32(40)26(3)4)19-43-29(37)17-15-13-11-12-14-16-18-30(38)44-20-36(10,23-47-33(41)27(5)6)24-48-34(42)28(7)8/h1,3,5,7,11-24H2,2,4,6,8-10H3. The van der Waals surface area contributed by atoms with E-state index in [0.29, 0.717) is 12.8 Å². The van der Waals surface area contributed by atoms with Crippen LogP contribution in [0.3, 0.4) is 0 Å². The minimum atomic E-state index is -0.958. The molecule has 12 nitrogen and oxygen atoms in total. The molecule has 0 aliphatic carbocycles. The molecule has 0 aliphatic rings. The van der Waals surface area contributed by atoms with Gasteiger partial charge in [-0.2, -0.15) is 0 Å². The van der Waals surface area contributed by atoms with Crippen LogP contribution >= 0.6 is 0 Å². The second-order valence-electron chi connectivity index (χ2n) is 13.0. The van der Waals surface area contributed by atoms with Gasteiger partial charge in [-0.05, 0) is 54.4 Å². The van der Waals surface area contributed by atoms with E-state index in [-0.39, 0.29) is 74.8 Å². The number of hydrogen-bond donors (Lipinski definition) is 0. The van der Waals surface area contributed by atoms with E-state index in [1.165, 1.54) is 27.7 Å². The topological polar surface area (TPSA) is 158 Å². The summed E-state index contributed by atoms with van der Waals surface area (Å²) in [5.74, 6) is -3.24. The average Bonchev–Trinajstić information content (AvgIpc) is 3.02. The highest BCUT2D eigenvalue weighted by molar-refractivity contribution is 5.88. The Kier molecular flexibility index (Phi) is 20.4. The van der Waals surface area contributed by atoms with Crippen molar-refractivity contribution in [3.63, 3.8) is 0 Å². The van der Waals surface area contributed by atoms with E-state index < -0.39 is 46.6 Å². The summed E-state index contributed by atoms with van der Waals surface area (Å²) in [6, 6.07) is 0. The highest BCUT2D eigenvalue weighted by Crippen LogP contribution is 2.22. The summed E-state index contributed by atoms with van der Waals surface area (Å²) in [6.07, 6.45) is 4.89. The van der Waals surface area contributed by atoms with Gasteiger partial charge < -0.3 is 28.4 Å². The Bertz CT molecular complexity index is 1040. The Hall–Kier alpha value is -4.22. The second-order valence-corrected chi connectivity index (χ2v) is 13.0. The summed E-state index contributed by atoms with van der Waals surface area (Å²) < 4.78 is 31.7. The summed E-state index contributed by atoms with van der Waals surface area (Å²) in [7, 11) is 0. The normalized spacial score (nSPS) is 11.0. The fraction of sp³-hybridized carbons (Fsp3) is 0.611. The third-order valence-electron chi connectivity index (χ3n) is 6.78. The smallest absolute Gasteiger partial charge is 0.333 e. The largest absolute Gasteiger partial charge is 0.465 e. The number of rotatable bonds is 25. The van der Waals surface area contributed by atoms with Gasteiger partial charge in [0.1, 0.15) is 39.6 Å². The van der Waals surface area contributed by atoms with Crippen LogP contribution in [0, 0.1) is 10.8 Å². The first kappa shape index (κ1) is 43.8. The van der Waals surface area contributed by atoms with E-state index in [1.54, 1.807) is 13.8 Å². The summed E-state index contributed by atoms with van der Waals surface area (Å²) in [4.78, 5) is 72.1. The molecule has 0 saturated heterocycles. The van der Waals surface area contributed by atoms with E-state index in [4.69, 9.17) is 28.4 Å². The molecule has 0 atom stereocenters. The van der Waals surface area contributed by atoms with E-state index in [0.717, 1.165) is 25.7 Å². The molecule has 0 saturated carbocycles. The summed E-state index contributed by atoms with van der Waals surface area (Å²) >= 11 is 0. The van der Waals surface area contributed by atoms with Gasteiger partial charge in [-0.3, -0.25) is 9.59 Å². The van der Waals surface area contributed by atoms with Crippen molar-refractivity contribution in [3.05, 3.63) is 48.6 Å². The van der Waals surface area contributed by atoms with E-state index >= 15 is 0 Å². The molecule has 0 aliphatic heterocycles. The van der Waals surface area contributed by atoms with Crippen LogP contribution in [0.25, 0.3) is 0 Å². The maximum Gasteiger partial charge on any atom is 0.333 e. The van der Waals surface area contributed by atoms with Gasteiger partial charge in [0.25, 0.3) is 0 Å². The zero-order valence-electron chi connectivity index (χ0n) is 29.6. The predicted molar refractivity (Wildman–Crippen MR) is 178 cm³/mol. The van der Waals surface area contributed by atoms with Crippen LogP contribution in [-0.2, 0) is 57.2 Å². The fourth-order valence-corrected chi connectivity index (χ4v) is 3.60. The molecule has 12 heteroatoms. The Morgan fingerprint density at radius 2 is 0.604 bits per heavy atom.